The molecule has 0 aromatic heterocycles. The van der Waals surface area contributed by atoms with E-state index in [2.05, 4.69) is 0 Å². The lowest BCUT2D eigenvalue weighted by Gasteiger charge is -2.20. The third-order valence-electron chi connectivity index (χ3n) is 3.83. The van der Waals surface area contributed by atoms with E-state index < -0.39 is 17.8 Å². The first kappa shape index (κ1) is 17.8. The molecule has 2 aromatic carbocycles. The third kappa shape index (κ3) is 3.50. The Hall–Kier alpha value is -2.99. The average molecular weight is 353 g/mol. The second-order valence-corrected chi connectivity index (χ2v) is 6.89. The zero-order valence-electron chi connectivity index (χ0n) is 14.8. The smallest absolute Gasteiger partial charge is 0.364 e. The Morgan fingerprint density at radius 3 is 2.04 bits per heavy atom. The van der Waals surface area contributed by atoms with Gasteiger partial charge in [0.05, 0.1) is 28.9 Å². The summed E-state index contributed by atoms with van der Waals surface area (Å²) in [7, 11) is 0. The SMILES string of the molecule is CC(C)(C)OCc1ccccc1C(=O)ON1C(=O)c2ccccc2C1=O. The number of carbonyl (C=O) groups excluding carboxylic acids is 3. The summed E-state index contributed by atoms with van der Waals surface area (Å²) in [5.41, 5.74) is 0.918. The van der Waals surface area contributed by atoms with Crippen molar-refractivity contribution in [1.29, 1.82) is 0 Å². The van der Waals surface area contributed by atoms with E-state index in [1.165, 1.54) is 12.1 Å². The summed E-state index contributed by atoms with van der Waals surface area (Å²) in [6.07, 6.45) is 0. The molecule has 1 heterocycles. The van der Waals surface area contributed by atoms with Crippen molar-refractivity contribution in [2.24, 2.45) is 0 Å². The highest BCUT2D eigenvalue weighted by Gasteiger charge is 2.39. The maximum absolute atomic E-state index is 12.6. The highest BCUT2D eigenvalue weighted by molar-refractivity contribution is 6.21. The highest BCUT2D eigenvalue weighted by Crippen LogP contribution is 2.24. The molecule has 0 atom stereocenters. The number of carbonyl (C=O) groups is 3. The summed E-state index contributed by atoms with van der Waals surface area (Å²) in [4.78, 5) is 42.3. The summed E-state index contributed by atoms with van der Waals surface area (Å²) in [5, 5.41) is 0.508. The van der Waals surface area contributed by atoms with Crippen LogP contribution in [0.3, 0.4) is 0 Å². The van der Waals surface area contributed by atoms with Gasteiger partial charge in [0.1, 0.15) is 0 Å². The number of imide groups is 1. The van der Waals surface area contributed by atoms with Crippen LogP contribution in [0.5, 0.6) is 0 Å². The molecule has 2 aromatic rings. The van der Waals surface area contributed by atoms with Crippen molar-refractivity contribution in [2.75, 3.05) is 0 Å². The topological polar surface area (TPSA) is 72.9 Å². The Balaban J connectivity index is 1.80. The van der Waals surface area contributed by atoms with Crippen LogP contribution in [0.2, 0.25) is 0 Å². The van der Waals surface area contributed by atoms with E-state index in [0.717, 1.165) is 0 Å². The van der Waals surface area contributed by atoms with Crippen LogP contribution in [0.15, 0.2) is 48.5 Å². The molecule has 0 bridgehead atoms. The summed E-state index contributed by atoms with van der Waals surface area (Å²) in [6.45, 7) is 5.93. The quantitative estimate of drug-likeness (QED) is 0.788. The summed E-state index contributed by atoms with van der Waals surface area (Å²) < 4.78 is 5.71. The minimum Gasteiger partial charge on any atom is -0.371 e. The van der Waals surface area contributed by atoms with Crippen LogP contribution in [0.1, 0.15) is 57.4 Å². The van der Waals surface area contributed by atoms with Gasteiger partial charge in [-0.05, 0) is 44.5 Å². The number of ether oxygens (including phenoxy) is 1. The molecule has 0 aliphatic carbocycles. The number of hydrogen-bond acceptors (Lipinski definition) is 5. The molecule has 0 spiro atoms. The fourth-order valence-corrected chi connectivity index (χ4v) is 2.52. The average Bonchev–Trinajstić information content (AvgIpc) is 2.85. The molecular weight excluding hydrogens is 334 g/mol. The number of hydroxylamine groups is 2. The lowest BCUT2D eigenvalue weighted by atomic mass is 10.1. The van der Waals surface area contributed by atoms with Gasteiger partial charge >= 0.3 is 5.97 Å². The van der Waals surface area contributed by atoms with Gasteiger partial charge in [-0.25, -0.2) is 4.79 Å². The minimum absolute atomic E-state index is 0.205. The monoisotopic (exact) mass is 353 g/mol. The van der Waals surface area contributed by atoms with Crippen LogP contribution in [-0.2, 0) is 16.2 Å². The molecule has 6 heteroatoms. The fraction of sp³-hybridized carbons (Fsp3) is 0.250. The predicted octanol–water partition coefficient (Wildman–Crippen LogP) is 3.37. The van der Waals surface area contributed by atoms with Crippen molar-refractivity contribution in [3.05, 3.63) is 70.8 Å². The van der Waals surface area contributed by atoms with Crippen molar-refractivity contribution < 1.29 is 24.0 Å². The van der Waals surface area contributed by atoms with Gasteiger partial charge in [0, 0.05) is 0 Å². The Labute approximate surface area is 151 Å². The first-order valence-corrected chi connectivity index (χ1v) is 8.20. The van der Waals surface area contributed by atoms with Crippen molar-refractivity contribution >= 4 is 17.8 Å². The van der Waals surface area contributed by atoms with Crippen LogP contribution in [-0.4, -0.2) is 28.4 Å². The lowest BCUT2D eigenvalue weighted by Crippen LogP contribution is -2.33. The second-order valence-electron chi connectivity index (χ2n) is 6.89. The van der Waals surface area contributed by atoms with Gasteiger partial charge in [0.25, 0.3) is 11.8 Å². The van der Waals surface area contributed by atoms with E-state index >= 15 is 0 Å². The highest BCUT2D eigenvalue weighted by atomic mass is 16.7. The van der Waals surface area contributed by atoms with Crippen LogP contribution < -0.4 is 0 Å². The Morgan fingerprint density at radius 1 is 0.923 bits per heavy atom. The molecule has 0 fully saturated rings. The molecule has 26 heavy (non-hydrogen) atoms. The van der Waals surface area contributed by atoms with Crippen LogP contribution >= 0.6 is 0 Å². The number of benzene rings is 2. The summed E-state index contributed by atoms with van der Waals surface area (Å²) in [6, 6.07) is 13.1. The van der Waals surface area contributed by atoms with E-state index in [-0.39, 0.29) is 28.9 Å². The fourth-order valence-electron chi connectivity index (χ4n) is 2.52. The molecular formula is C20H19NO5. The molecule has 0 saturated heterocycles. The molecule has 134 valence electrons. The third-order valence-corrected chi connectivity index (χ3v) is 3.83. The number of amides is 2. The predicted molar refractivity (Wildman–Crippen MR) is 93.3 cm³/mol. The molecule has 1 aliphatic rings. The molecule has 1 aliphatic heterocycles. The Bertz CT molecular complexity index is 847. The minimum atomic E-state index is -0.785. The Kier molecular flexibility index (Phi) is 4.61. The molecule has 2 amide bonds. The Morgan fingerprint density at radius 2 is 1.46 bits per heavy atom. The first-order valence-electron chi connectivity index (χ1n) is 8.20. The zero-order chi connectivity index (χ0) is 18.9. The van der Waals surface area contributed by atoms with Gasteiger partial charge < -0.3 is 9.57 Å². The normalized spacial score (nSPS) is 13.7. The van der Waals surface area contributed by atoms with Crippen LogP contribution in [0, 0.1) is 0 Å². The first-order chi connectivity index (χ1) is 12.3. The van der Waals surface area contributed by atoms with Crippen LogP contribution in [0.25, 0.3) is 0 Å². The summed E-state index contributed by atoms with van der Waals surface area (Å²) in [5.74, 6) is -2.09. The van der Waals surface area contributed by atoms with Gasteiger partial charge in [-0.15, -0.1) is 0 Å². The van der Waals surface area contributed by atoms with E-state index in [0.29, 0.717) is 10.6 Å². The van der Waals surface area contributed by atoms with E-state index in [1.807, 2.05) is 20.8 Å². The van der Waals surface area contributed by atoms with Crippen molar-refractivity contribution in [3.8, 4) is 0 Å². The number of hydrogen-bond donors (Lipinski definition) is 0. The second kappa shape index (κ2) is 6.72. The van der Waals surface area contributed by atoms with Gasteiger partial charge in [-0.1, -0.05) is 35.4 Å². The van der Waals surface area contributed by atoms with E-state index in [9.17, 15) is 14.4 Å². The van der Waals surface area contributed by atoms with Gasteiger partial charge in [0.15, 0.2) is 0 Å². The van der Waals surface area contributed by atoms with Gasteiger partial charge in [-0.2, -0.15) is 0 Å². The van der Waals surface area contributed by atoms with Crippen molar-refractivity contribution in [2.45, 2.75) is 33.0 Å². The standard InChI is InChI=1S/C20H19NO5/c1-20(2,3)25-12-13-8-4-5-9-14(13)19(24)26-21-17(22)15-10-6-7-11-16(15)18(21)23/h4-11H,12H2,1-3H3. The molecule has 3 rings (SSSR count). The zero-order valence-corrected chi connectivity index (χ0v) is 14.8. The molecule has 0 unspecified atom stereocenters. The largest absolute Gasteiger partial charge is 0.371 e. The molecule has 0 N–H and O–H groups in total. The molecule has 6 nitrogen and oxygen atoms in total. The molecule has 0 saturated carbocycles. The number of nitrogens with zero attached hydrogens (tertiary/aromatic N) is 1. The summed E-state index contributed by atoms with van der Waals surface area (Å²) >= 11 is 0. The van der Waals surface area contributed by atoms with Gasteiger partial charge in [0.2, 0.25) is 0 Å². The van der Waals surface area contributed by atoms with E-state index in [4.69, 9.17) is 9.57 Å². The van der Waals surface area contributed by atoms with E-state index in [1.54, 1.807) is 36.4 Å². The van der Waals surface area contributed by atoms with Crippen molar-refractivity contribution in [1.82, 2.24) is 5.06 Å². The van der Waals surface area contributed by atoms with Gasteiger partial charge in [-0.3, -0.25) is 9.59 Å². The maximum Gasteiger partial charge on any atom is 0.364 e. The maximum atomic E-state index is 12.6. The number of fused-ring (bicyclic) bond motifs is 1. The van der Waals surface area contributed by atoms with Crippen molar-refractivity contribution in [3.63, 3.8) is 0 Å². The number of rotatable bonds is 4. The lowest BCUT2D eigenvalue weighted by molar-refractivity contribution is -0.0589. The molecule has 0 radical (unpaired) electrons. The van der Waals surface area contributed by atoms with Crippen LogP contribution in [0.4, 0.5) is 0 Å².